The molecule has 2 N–H and O–H groups in total. The summed E-state index contributed by atoms with van der Waals surface area (Å²) in [5, 5.41) is 12.1. The monoisotopic (exact) mass is 272 g/mol. The van der Waals surface area contributed by atoms with Crippen LogP contribution in [-0.4, -0.2) is 23.2 Å². The second-order valence-corrected chi connectivity index (χ2v) is 4.37. The molecule has 5 nitrogen and oxygen atoms in total. The summed E-state index contributed by atoms with van der Waals surface area (Å²) in [7, 11) is 1.62. The fraction of sp³-hybridized carbons (Fsp3) is 0.200. The Bertz CT molecular complexity index is 596. The summed E-state index contributed by atoms with van der Waals surface area (Å²) in [5.74, 6) is 0.368. The quantitative estimate of drug-likeness (QED) is 0.875. The number of ether oxygens (including phenoxy) is 1. The van der Waals surface area contributed by atoms with Crippen molar-refractivity contribution in [1.82, 2.24) is 4.98 Å². The summed E-state index contributed by atoms with van der Waals surface area (Å²) >= 11 is 0. The van der Waals surface area contributed by atoms with E-state index >= 15 is 0 Å². The van der Waals surface area contributed by atoms with Crippen LogP contribution >= 0.6 is 0 Å². The average Bonchev–Trinajstić information content (AvgIpc) is 2.47. The maximum Gasteiger partial charge on any atom is 0.335 e. The standard InChI is InChI=1S/C15H16N2O3/c1-10(11-3-5-13(20-2)6-4-11)17-14-9-12(15(18)19)7-8-16-14/h3-10H,1-2H3,(H,16,17)(H,18,19). The first kappa shape index (κ1) is 13.9. The van der Waals surface area contributed by atoms with Gasteiger partial charge in [0.2, 0.25) is 0 Å². The minimum Gasteiger partial charge on any atom is -0.497 e. The molecule has 0 bridgehead atoms. The number of nitrogens with zero attached hydrogens (tertiary/aromatic N) is 1. The van der Waals surface area contributed by atoms with Crippen LogP contribution < -0.4 is 10.1 Å². The highest BCUT2D eigenvalue weighted by Gasteiger charge is 2.08. The molecule has 1 unspecified atom stereocenters. The van der Waals surface area contributed by atoms with E-state index in [1.165, 1.54) is 18.3 Å². The number of benzene rings is 1. The largest absolute Gasteiger partial charge is 0.497 e. The van der Waals surface area contributed by atoms with E-state index in [0.29, 0.717) is 5.82 Å². The van der Waals surface area contributed by atoms with Crippen LogP contribution in [0.5, 0.6) is 5.75 Å². The zero-order valence-corrected chi connectivity index (χ0v) is 11.3. The number of carboxylic acid groups (broad SMARTS) is 1. The number of hydrogen-bond acceptors (Lipinski definition) is 4. The number of hydrogen-bond donors (Lipinski definition) is 2. The molecule has 0 aliphatic carbocycles. The molecule has 0 aliphatic heterocycles. The summed E-state index contributed by atoms with van der Waals surface area (Å²) in [6.45, 7) is 1.98. The molecule has 1 atom stereocenters. The highest BCUT2D eigenvalue weighted by molar-refractivity contribution is 5.88. The molecule has 0 amide bonds. The maximum atomic E-state index is 10.9. The van der Waals surface area contributed by atoms with Gasteiger partial charge in [0.25, 0.3) is 0 Å². The molecule has 0 aliphatic rings. The molecule has 0 radical (unpaired) electrons. The van der Waals surface area contributed by atoms with Gasteiger partial charge in [-0.1, -0.05) is 12.1 Å². The number of pyridine rings is 1. The lowest BCUT2D eigenvalue weighted by Gasteiger charge is -2.15. The fourth-order valence-corrected chi connectivity index (χ4v) is 1.84. The van der Waals surface area contributed by atoms with Gasteiger partial charge in [-0.2, -0.15) is 0 Å². The fourth-order valence-electron chi connectivity index (χ4n) is 1.84. The van der Waals surface area contributed by atoms with Crippen molar-refractivity contribution < 1.29 is 14.6 Å². The van der Waals surface area contributed by atoms with Crippen LogP contribution in [0, 0.1) is 0 Å². The van der Waals surface area contributed by atoms with Crippen LogP contribution in [-0.2, 0) is 0 Å². The topological polar surface area (TPSA) is 71.5 Å². The molecule has 0 spiro atoms. The summed E-state index contributed by atoms with van der Waals surface area (Å²) in [6, 6.07) is 10.7. The number of anilines is 1. The Morgan fingerprint density at radius 1 is 1.30 bits per heavy atom. The summed E-state index contributed by atoms with van der Waals surface area (Å²) in [6.07, 6.45) is 1.48. The first-order valence-electron chi connectivity index (χ1n) is 6.20. The van der Waals surface area contributed by atoms with E-state index < -0.39 is 5.97 Å². The van der Waals surface area contributed by atoms with E-state index in [9.17, 15) is 4.79 Å². The van der Waals surface area contributed by atoms with E-state index in [1.807, 2.05) is 31.2 Å². The van der Waals surface area contributed by atoms with Crippen LogP contribution in [0.15, 0.2) is 42.6 Å². The second-order valence-electron chi connectivity index (χ2n) is 4.37. The Morgan fingerprint density at radius 3 is 2.60 bits per heavy atom. The van der Waals surface area contributed by atoms with Crippen molar-refractivity contribution in [2.75, 3.05) is 12.4 Å². The van der Waals surface area contributed by atoms with Crippen molar-refractivity contribution in [2.45, 2.75) is 13.0 Å². The average molecular weight is 272 g/mol. The van der Waals surface area contributed by atoms with Crippen molar-refractivity contribution >= 4 is 11.8 Å². The second kappa shape index (κ2) is 6.06. The van der Waals surface area contributed by atoms with E-state index in [-0.39, 0.29) is 11.6 Å². The predicted molar refractivity (Wildman–Crippen MR) is 76.2 cm³/mol. The highest BCUT2D eigenvalue weighted by atomic mass is 16.5. The SMILES string of the molecule is COc1ccc(C(C)Nc2cc(C(=O)O)ccn2)cc1. The van der Waals surface area contributed by atoms with Gasteiger partial charge in [-0.25, -0.2) is 9.78 Å². The Hall–Kier alpha value is -2.56. The van der Waals surface area contributed by atoms with E-state index in [0.717, 1.165) is 11.3 Å². The normalized spacial score (nSPS) is 11.7. The number of rotatable bonds is 5. The first-order valence-corrected chi connectivity index (χ1v) is 6.20. The molecule has 1 heterocycles. The Labute approximate surface area is 117 Å². The summed E-state index contributed by atoms with van der Waals surface area (Å²) in [4.78, 5) is 15.0. The van der Waals surface area contributed by atoms with E-state index in [1.54, 1.807) is 7.11 Å². The van der Waals surface area contributed by atoms with Crippen molar-refractivity contribution in [3.05, 3.63) is 53.7 Å². The third kappa shape index (κ3) is 3.26. The Morgan fingerprint density at radius 2 is 2.00 bits per heavy atom. The molecular weight excluding hydrogens is 256 g/mol. The minimum atomic E-state index is -0.965. The van der Waals surface area contributed by atoms with Gasteiger partial charge in [-0.15, -0.1) is 0 Å². The molecule has 20 heavy (non-hydrogen) atoms. The van der Waals surface area contributed by atoms with Gasteiger partial charge >= 0.3 is 5.97 Å². The number of methoxy groups -OCH3 is 1. The maximum absolute atomic E-state index is 10.9. The minimum absolute atomic E-state index is 0.0115. The lowest BCUT2D eigenvalue weighted by atomic mass is 10.1. The highest BCUT2D eigenvalue weighted by Crippen LogP contribution is 2.21. The van der Waals surface area contributed by atoms with Crippen molar-refractivity contribution in [2.24, 2.45) is 0 Å². The number of aromatic nitrogens is 1. The van der Waals surface area contributed by atoms with Crippen LogP contribution in [0.2, 0.25) is 0 Å². The van der Waals surface area contributed by atoms with Gasteiger partial charge < -0.3 is 15.2 Å². The summed E-state index contributed by atoms with van der Waals surface area (Å²) < 4.78 is 5.11. The lowest BCUT2D eigenvalue weighted by molar-refractivity contribution is 0.0697. The van der Waals surface area contributed by atoms with Gasteiger partial charge in [0.05, 0.1) is 12.7 Å². The number of nitrogens with one attached hydrogen (secondary N) is 1. The van der Waals surface area contributed by atoms with Crippen LogP contribution in [0.1, 0.15) is 28.9 Å². The molecule has 2 rings (SSSR count). The van der Waals surface area contributed by atoms with Gasteiger partial charge in [0, 0.05) is 12.2 Å². The molecule has 0 saturated carbocycles. The number of carbonyl (C=O) groups is 1. The van der Waals surface area contributed by atoms with Crippen LogP contribution in [0.3, 0.4) is 0 Å². The number of carboxylic acids is 1. The van der Waals surface area contributed by atoms with Crippen LogP contribution in [0.4, 0.5) is 5.82 Å². The zero-order valence-electron chi connectivity index (χ0n) is 11.3. The predicted octanol–water partition coefficient (Wildman–Crippen LogP) is 2.96. The molecule has 104 valence electrons. The smallest absolute Gasteiger partial charge is 0.335 e. The van der Waals surface area contributed by atoms with E-state index in [2.05, 4.69) is 10.3 Å². The summed E-state index contributed by atoms with van der Waals surface area (Å²) in [5.41, 5.74) is 1.28. The third-order valence-corrected chi connectivity index (χ3v) is 2.99. The van der Waals surface area contributed by atoms with Crippen molar-refractivity contribution in [1.29, 1.82) is 0 Å². The Kier molecular flexibility index (Phi) is 4.20. The molecule has 1 aromatic heterocycles. The first-order chi connectivity index (χ1) is 9.60. The Balaban J connectivity index is 2.12. The molecule has 1 aromatic carbocycles. The molecular formula is C15H16N2O3. The molecule has 5 heteroatoms. The molecule has 2 aromatic rings. The van der Waals surface area contributed by atoms with Gasteiger partial charge in [-0.3, -0.25) is 0 Å². The van der Waals surface area contributed by atoms with Crippen LogP contribution in [0.25, 0.3) is 0 Å². The van der Waals surface area contributed by atoms with Gasteiger partial charge in [0.15, 0.2) is 0 Å². The van der Waals surface area contributed by atoms with Crippen molar-refractivity contribution in [3.8, 4) is 5.75 Å². The number of aromatic carboxylic acids is 1. The lowest BCUT2D eigenvalue weighted by Crippen LogP contribution is -2.09. The molecule has 0 saturated heterocycles. The van der Waals surface area contributed by atoms with Gasteiger partial charge in [0.1, 0.15) is 11.6 Å². The van der Waals surface area contributed by atoms with E-state index in [4.69, 9.17) is 9.84 Å². The van der Waals surface area contributed by atoms with Crippen molar-refractivity contribution in [3.63, 3.8) is 0 Å². The zero-order chi connectivity index (χ0) is 14.5. The molecule has 0 fully saturated rings. The van der Waals surface area contributed by atoms with Gasteiger partial charge in [-0.05, 0) is 36.8 Å². The third-order valence-electron chi connectivity index (χ3n) is 2.99.